The molecule has 40 heavy (non-hydrogen) atoms. The normalized spacial score (nSPS) is 22.6. The van der Waals surface area contributed by atoms with Gasteiger partial charge in [-0.2, -0.15) is 5.26 Å². The Balaban J connectivity index is 1.62. The van der Waals surface area contributed by atoms with Gasteiger partial charge in [0.15, 0.2) is 8.07 Å². The molecule has 1 heterocycles. The first-order valence-electron chi connectivity index (χ1n) is 13.3. The number of nitrogens with zero attached hydrogens (tertiary/aromatic N) is 1. The van der Waals surface area contributed by atoms with Crippen LogP contribution in [0.2, 0.25) is 5.04 Å². The average molecular weight is 561 g/mol. The molecule has 6 atom stereocenters. The summed E-state index contributed by atoms with van der Waals surface area (Å²) < 4.78 is 11.3. The molecule has 3 aromatic carbocycles. The van der Waals surface area contributed by atoms with Crippen molar-refractivity contribution in [1.82, 2.24) is 5.32 Å². The zero-order chi connectivity index (χ0) is 28.9. The van der Waals surface area contributed by atoms with Crippen LogP contribution in [0.3, 0.4) is 0 Å². The number of nitrogens with one attached hydrogen (secondary N) is 1. The third-order valence-corrected chi connectivity index (χ3v) is 13.8. The number of hydrogen-bond donors (Lipinski definition) is 4. The van der Waals surface area contributed by atoms with Gasteiger partial charge in [-0.3, -0.25) is 0 Å². The summed E-state index contributed by atoms with van der Waals surface area (Å²) >= 11 is 0. The molecule has 0 spiro atoms. The lowest BCUT2D eigenvalue weighted by Crippen LogP contribution is -2.75. The minimum atomic E-state index is -3.18. The summed E-state index contributed by atoms with van der Waals surface area (Å²) in [6.07, 6.45) is -6.40. The van der Waals surface area contributed by atoms with Crippen LogP contribution in [-0.2, 0) is 16.1 Å². The van der Waals surface area contributed by atoms with E-state index in [4.69, 9.17) is 9.47 Å². The van der Waals surface area contributed by atoms with E-state index < -0.39 is 55.4 Å². The van der Waals surface area contributed by atoms with Gasteiger partial charge >= 0.3 is 6.09 Å². The van der Waals surface area contributed by atoms with Crippen LogP contribution in [0.15, 0.2) is 91.0 Å². The van der Waals surface area contributed by atoms with E-state index in [0.29, 0.717) is 0 Å². The fraction of sp³-hybridized carbons (Fsp3) is 0.355. The highest BCUT2D eigenvalue weighted by Crippen LogP contribution is 2.41. The Labute approximate surface area is 235 Å². The first-order chi connectivity index (χ1) is 19.1. The van der Waals surface area contributed by atoms with Gasteiger partial charge in [0.25, 0.3) is 0 Å². The van der Waals surface area contributed by atoms with Crippen LogP contribution in [0.4, 0.5) is 4.79 Å². The van der Waals surface area contributed by atoms with Crippen LogP contribution in [0.25, 0.3) is 0 Å². The third kappa shape index (κ3) is 5.68. The summed E-state index contributed by atoms with van der Waals surface area (Å²) in [7, 11) is -3.18. The number of carbonyl (C=O) groups excluding carboxylic acids is 1. The number of amides is 1. The Hall–Kier alpha value is -3.52. The molecule has 4 N–H and O–H groups in total. The average Bonchev–Trinajstić information content (AvgIpc) is 3.25. The van der Waals surface area contributed by atoms with Gasteiger partial charge in [-0.1, -0.05) is 122 Å². The van der Waals surface area contributed by atoms with E-state index >= 15 is 0 Å². The molecule has 2 unspecified atom stereocenters. The van der Waals surface area contributed by atoms with E-state index in [1.807, 2.05) is 84.9 Å². The van der Waals surface area contributed by atoms with E-state index in [-0.39, 0.29) is 6.61 Å². The van der Waals surface area contributed by atoms with Crippen molar-refractivity contribution in [2.75, 3.05) is 0 Å². The number of aliphatic hydroxyl groups is 3. The highest BCUT2D eigenvalue weighted by atomic mass is 28.3. The molecule has 210 valence electrons. The smallest absolute Gasteiger partial charge is 0.408 e. The Morgan fingerprint density at radius 3 is 1.88 bits per heavy atom. The number of ether oxygens (including phenoxy) is 2. The maximum Gasteiger partial charge on any atom is 0.408 e. The lowest BCUT2D eigenvalue weighted by Gasteiger charge is -2.49. The highest BCUT2D eigenvalue weighted by Gasteiger charge is 2.60. The molecule has 9 heteroatoms. The lowest BCUT2D eigenvalue weighted by atomic mass is 10.0. The number of benzene rings is 3. The molecule has 0 aliphatic carbocycles. The van der Waals surface area contributed by atoms with Gasteiger partial charge < -0.3 is 30.1 Å². The van der Waals surface area contributed by atoms with Crippen LogP contribution in [0, 0.1) is 11.3 Å². The lowest BCUT2D eigenvalue weighted by molar-refractivity contribution is -0.0449. The molecule has 1 aliphatic rings. The van der Waals surface area contributed by atoms with Crippen LogP contribution in [0.1, 0.15) is 26.3 Å². The van der Waals surface area contributed by atoms with E-state index in [0.717, 1.165) is 15.9 Å². The first-order valence-corrected chi connectivity index (χ1v) is 15.4. The van der Waals surface area contributed by atoms with E-state index in [2.05, 4.69) is 26.1 Å². The molecule has 8 nitrogen and oxygen atoms in total. The van der Waals surface area contributed by atoms with Gasteiger partial charge in [-0.15, -0.1) is 0 Å². The van der Waals surface area contributed by atoms with Crippen LogP contribution >= 0.6 is 0 Å². The van der Waals surface area contributed by atoms with Crippen LogP contribution in [0.5, 0.6) is 0 Å². The van der Waals surface area contributed by atoms with Gasteiger partial charge in [-0.25, -0.2) is 4.79 Å². The minimum absolute atomic E-state index is 0.00326. The molecule has 4 rings (SSSR count). The SMILES string of the molecule is CC(C)(C)[Si](c1ccccc1)(c1ccccc1)C(O)[C@H]1O[C@@H](C(C#N)NC(=O)OCc2ccccc2)[C@H](O)[C@@H]1O. The van der Waals surface area contributed by atoms with Gasteiger partial charge in [0, 0.05) is 0 Å². The van der Waals surface area contributed by atoms with E-state index in [9.17, 15) is 25.4 Å². The molecule has 1 amide bonds. The van der Waals surface area contributed by atoms with Gasteiger partial charge in [0.1, 0.15) is 37.1 Å². The molecule has 0 saturated carbocycles. The van der Waals surface area contributed by atoms with Crippen molar-refractivity contribution >= 4 is 24.5 Å². The fourth-order valence-electron chi connectivity index (χ4n) is 5.81. The fourth-order valence-corrected chi connectivity index (χ4v) is 11.7. The second kappa shape index (κ2) is 12.3. The number of alkyl carbamates (subject to hydrolysis) is 1. The molecule has 1 saturated heterocycles. The number of nitriles is 1. The summed E-state index contributed by atoms with van der Waals surface area (Å²) in [6, 6.07) is 29.1. The Bertz CT molecular complexity index is 1260. The topological polar surface area (TPSA) is 132 Å². The van der Waals surface area contributed by atoms with Gasteiger partial charge in [0.2, 0.25) is 0 Å². The van der Waals surface area contributed by atoms with Crippen molar-refractivity contribution in [3.8, 4) is 6.07 Å². The maximum absolute atomic E-state index is 12.5. The molecule has 1 fully saturated rings. The molecule has 0 radical (unpaired) electrons. The molecule has 1 aliphatic heterocycles. The van der Waals surface area contributed by atoms with Crippen molar-refractivity contribution in [3.63, 3.8) is 0 Å². The second-order valence-electron chi connectivity index (χ2n) is 11.1. The van der Waals surface area contributed by atoms with Crippen LogP contribution in [-0.4, -0.2) is 65.7 Å². The van der Waals surface area contributed by atoms with Crippen molar-refractivity contribution in [2.45, 2.75) is 68.6 Å². The van der Waals surface area contributed by atoms with E-state index in [1.165, 1.54) is 0 Å². The number of hydrogen-bond acceptors (Lipinski definition) is 7. The Morgan fingerprint density at radius 2 is 1.40 bits per heavy atom. The van der Waals surface area contributed by atoms with Crippen molar-refractivity contribution in [3.05, 3.63) is 96.6 Å². The van der Waals surface area contributed by atoms with Crippen molar-refractivity contribution < 1.29 is 29.6 Å². The number of rotatable bonds is 8. The summed E-state index contributed by atoms with van der Waals surface area (Å²) in [5, 5.41) is 48.1. The van der Waals surface area contributed by atoms with Gasteiger partial charge in [0.05, 0.1) is 11.8 Å². The summed E-state index contributed by atoms with van der Waals surface area (Å²) in [4.78, 5) is 12.5. The molecular formula is C31H36N2O6Si. The number of carbonyl (C=O) groups is 1. The highest BCUT2D eigenvalue weighted by molar-refractivity contribution is 7.05. The summed E-state index contributed by atoms with van der Waals surface area (Å²) in [5.41, 5.74) is -0.441. The molecule has 0 bridgehead atoms. The third-order valence-electron chi connectivity index (χ3n) is 7.69. The summed E-state index contributed by atoms with van der Waals surface area (Å²) in [5.74, 6) is 0. The predicted molar refractivity (Wildman–Crippen MR) is 153 cm³/mol. The largest absolute Gasteiger partial charge is 0.445 e. The quantitative estimate of drug-likeness (QED) is 0.311. The van der Waals surface area contributed by atoms with Gasteiger partial charge in [-0.05, 0) is 10.6 Å². The maximum atomic E-state index is 12.5. The monoisotopic (exact) mass is 560 g/mol. The molecule has 0 aromatic heterocycles. The number of aliphatic hydroxyl groups excluding tert-OH is 3. The van der Waals surface area contributed by atoms with Crippen LogP contribution < -0.4 is 15.7 Å². The predicted octanol–water partition coefficient (Wildman–Crippen LogP) is 2.26. The Morgan fingerprint density at radius 1 is 0.925 bits per heavy atom. The molecule has 3 aromatic rings. The summed E-state index contributed by atoms with van der Waals surface area (Å²) in [6.45, 7) is 6.16. The first kappa shape index (κ1) is 29.5. The zero-order valence-corrected chi connectivity index (χ0v) is 23.8. The second-order valence-corrected chi connectivity index (χ2v) is 16.0. The zero-order valence-electron chi connectivity index (χ0n) is 22.8. The molecular weight excluding hydrogens is 524 g/mol. The van der Waals surface area contributed by atoms with Crippen molar-refractivity contribution in [2.24, 2.45) is 0 Å². The van der Waals surface area contributed by atoms with Crippen molar-refractivity contribution in [1.29, 1.82) is 5.26 Å². The standard InChI is InChI=1S/C31H36N2O6Si/c1-31(2,3)40(22-15-9-5-10-16-22,23-17-11-6-12-18-23)29(36)28-26(35)25(34)27(39-28)24(19-32)33-30(37)38-20-21-13-7-4-8-14-21/h4-18,24-29,34-36H,20H2,1-3H3,(H,33,37)/t24?,25-,26+,27+,28+,29?/m1/s1. The van der Waals surface area contributed by atoms with E-state index in [1.54, 1.807) is 12.1 Å². The minimum Gasteiger partial charge on any atom is -0.445 e. The Kier molecular flexibility index (Phi) is 9.08.